The Hall–Kier alpha value is -0.980. The van der Waals surface area contributed by atoms with Gasteiger partial charge in [-0.05, 0) is 31.5 Å². The van der Waals surface area contributed by atoms with Gasteiger partial charge in [-0.2, -0.15) is 0 Å². The smallest absolute Gasteiger partial charge is 0.232 e. The summed E-state index contributed by atoms with van der Waals surface area (Å²) in [6.45, 7) is 0.490. The molecule has 0 aliphatic heterocycles. The first kappa shape index (κ1) is 15.1. The van der Waals surface area contributed by atoms with Gasteiger partial charge in [0.25, 0.3) is 0 Å². The van der Waals surface area contributed by atoms with Gasteiger partial charge in [0.2, 0.25) is 10.0 Å². The molecule has 0 bridgehead atoms. The van der Waals surface area contributed by atoms with Gasteiger partial charge in [0.1, 0.15) is 5.75 Å². The average Bonchev–Trinajstić information content (AvgIpc) is 2.31. The van der Waals surface area contributed by atoms with E-state index in [-0.39, 0.29) is 5.75 Å². The van der Waals surface area contributed by atoms with Gasteiger partial charge in [-0.1, -0.05) is 11.6 Å². The highest BCUT2D eigenvalue weighted by Gasteiger charge is 2.11. The number of ether oxygens (including phenoxy) is 1. The molecule has 0 saturated carbocycles. The van der Waals surface area contributed by atoms with Gasteiger partial charge in [0.15, 0.2) is 0 Å². The first-order valence-corrected chi connectivity index (χ1v) is 7.55. The molecular formula is C11H17ClN2O3S. The molecule has 1 aromatic rings. The van der Waals surface area contributed by atoms with Crippen molar-refractivity contribution in [3.8, 4) is 5.75 Å². The van der Waals surface area contributed by atoms with Crippen molar-refractivity contribution >= 4 is 27.3 Å². The zero-order chi connectivity index (χ0) is 13.6. The van der Waals surface area contributed by atoms with E-state index in [1.807, 2.05) is 0 Å². The van der Waals surface area contributed by atoms with Crippen LogP contribution in [0.25, 0.3) is 0 Å². The Morgan fingerprint density at radius 2 is 2.11 bits per heavy atom. The molecule has 0 radical (unpaired) electrons. The Kier molecular flexibility index (Phi) is 5.71. The predicted molar refractivity (Wildman–Crippen MR) is 73.7 cm³/mol. The van der Waals surface area contributed by atoms with E-state index in [1.54, 1.807) is 18.2 Å². The highest BCUT2D eigenvalue weighted by molar-refractivity contribution is 7.92. The van der Waals surface area contributed by atoms with Crippen molar-refractivity contribution in [2.75, 3.05) is 24.1 Å². The van der Waals surface area contributed by atoms with Crippen LogP contribution in [0.2, 0.25) is 5.02 Å². The highest BCUT2D eigenvalue weighted by Crippen LogP contribution is 2.27. The Labute approximate surface area is 112 Å². The lowest BCUT2D eigenvalue weighted by molar-refractivity contribution is 0.415. The summed E-state index contributed by atoms with van der Waals surface area (Å²) in [4.78, 5) is 0. The normalized spacial score (nSPS) is 11.3. The largest absolute Gasteiger partial charge is 0.495 e. The Balaban J connectivity index is 2.72. The molecule has 0 amide bonds. The minimum atomic E-state index is -3.35. The fraction of sp³-hybridized carbons (Fsp3) is 0.455. The van der Waals surface area contributed by atoms with E-state index in [0.29, 0.717) is 35.8 Å². The van der Waals surface area contributed by atoms with Crippen molar-refractivity contribution in [2.45, 2.75) is 12.8 Å². The van der Waals surface area contributed by atoms with Crippen molar-refractivity contribution in [2.24, 2.45) is 5.73 Å². The lowest BCUT2D eigenvalue weighted by Crippen LogP contribution is -2.17. The first-order chi connectivity index (χ1) is 8.48. The number of sulfonamides is 1. The van der Waals surface area contributed by atoms with Crippen molar-refractivity contribution in [1.29, 1.82) is 0 Å². The minimum Gasteiger partial charge on any atom is -0.495 e. The molecule has 0 aliphatic carbocycles. The molecule has 0 heterocycles. The molecule has 0 aliphatic rings. The molecule has 5 nitrogen and oxygen atoms in total. The highest BCUT2D eigenvalue weighted by atomic mass is 35.5. The van der Waals surface area contributed by atoms with E-state index in [0.717, 1.165) is 0 Å². The summed E-state index contributed by atoms with van der Waals surface area (Å²) in [6, 6.07) is 4.71. The summed E-state index contributed by atoms with van der Waals surface area (Å²) in [6.07, 6.45) is 1.22. The van der Waals surface area contributed by atoms with Gasteiger partial charge in [-0.15, -0.1) is 0 Å². The lowest BCUT2D eigenvalue weighted by atomic mass is 10.3. The molecule has 102 valence electrons. The lowest BCUT2D eigenvalue weighted by Gasteiger charge is -2.10. The van der Waals surface area contributed by atoms with Crippen LogP contribution in [0.1, 0.15) is 12.8 Å². The van der Waals surface area contributed by atoms with E-state index >= 15 is 0 Å². The third-order valence-electron chi connectivity index (χ3n) is 2.29. The minimum absolute atomic E-state index is 0.0507. The summed E-state index contributed by atoms with van der Waals surface area (Å²) in [5.41, 5.74) is 5.75. The zero-order valence-electron chi connectivity index (χ0n) is 10.1. The number of nitrogens with one attached hydrogen (secondary N) is 1. The third-order valence-corrected chi connectivity index (χ3v) is 3.98. The molecule has 18 heavy (non-hydrogen) atoms. The quantitative estimate of drug-likeness (QED) is 0.751. The number of hydrogen-bond acceptors (Lipinski definition) is 4. The standard InChI is InChI=1S/C11H17ClN2O3S/c1-17-11-8-9(4-5-10(11)12)14-18(15,16)7-3-2-6-13/h4-5,8,14H,2-3,6-7,13H2,1H3. The number of benzene rings is 1. The maximum atomic E-state index is 11.7. The summed E-state index contributed by atoms with van der Waals surface area (Å²) >= 11 is 5.85. The maximum Gasteiger partial charge on any atom is 0.232 e. The molecule has 0 atom stereocenters. The van der Waals surface area contributed by atoms with Gasteiger partial charge in [0, 0.05) is 6.07 Å². The SMILES string of the molecule is COc1cc(NS(=O)(=O)CCCCN)ccc1Cl. The molecule has 0 fully saturated rings. The van der Waals surface area contributed by atoms with Crippen LogP contribution in [-0.4, -0.2) is 27.8 Å². The van der Waals surface area contributed by atoms with E-state index in [1.165, 1.54) is 7.11 Å². The molecule has 0 spiro atoms. The van der Waals surface area contributed by atoms with Crippen molar-refractivity contribution in [1.82, 2.24) is 0 Å². The summed E-state index contributed by atoms with van der Waals surface area (Å²) in [5.74, 6) is 0.480. The summed E-state index contributed by atoms with van der Waals surface area (Å²) < 4.78 is 31.0. The molecule has 1 aromatic carbocycles. The van der Waals surface area contributed by atoms with E-state index in [4.69, 9.17) is 22.1 Å². The number of unbranched alkanes of at least 4 members (excludes halogenated alkanes) is 1. The van der Waals surface area contributed by atoms with Crippen molar-refractivity contribution in [3.05, 3.63) is 23.2 Å². The zero-order valence-corrected chi connectivity index (χ0v) is 11.7. The van der Waals surface area contributed by atoms with Crippen LogP contribution < -0.4 is 15.2 Å². The van der Waals surface area contributed by atoms with Crippen LogP contribution in [0, 0.1) is 0 Å². The third kappa shape index (κ3) is 4.72. The topological polar surface area (TPSA) is 81.4 Å². The molecule has 0 aromatic heterocycles. The predicted octanol–water partition coefficient (Wildman–Crippen LogP) is 1.83. The van der Waals surface area contributed by atoms with Gasteiger partial charge in [0.05, 0.1) is 23.6 Å². The van der Waals surface area contributed by atoms with Crippen molar-refractivity contribution < 1.29 is 13.2 Å². The van der Waals surface area contributed by atoms with E-state index < -0.39 is 10.0 Å². The van der Waals surface area contributed by atoms with Crippen LogP contribution in [0.4, 0.5) is 5.69 Å². The second kappa shape index (κ2) is 6.82. The second-order valence-electron chi connectivity index (χ2n) is 3.77. The number of anilines is 1. The first-order valence-electron chi connectivity index (χ1n) is 5.52. The Morgan fingerprint density at radius 3 is 2.72 bits per heavy atom. The average molecular weight is 293 g/mol. The van der Waals surface area contributed by atoms with E-state index in [2.05, 4.69) is 4.72 Å². The van der Waals surface area contributed by atoms with Crippen LogP contribution in [0.15, 0.2) is 18.2 Å². The molecular weight excluding hydrogens is 276 g/mol. The summed E-state index contributed by atoms with van der Waals surface area (Å²) in [7, 11) is -1.88. The molecule has 0 unspecified atom stereocenters. The van der Waals surface area contributed by atoms with Gasteiger partial charge >= 0.3 is 0 Å². The summed E-state index contributed by atoms with van der Waals surface area (Å²) in [5, 5.41) is 0.434. The van der Waals surface area contributed by atoms with Crippen molar-refractivity contribution in [3.63, 3.8) is 0 Å². The van der Waals surface area contributed by atoms with Crippen LogP contribution in [-0.2, 0) is 10.0 Å². The van der Waals surface area contributed by atoms with Gasteiger partial charge in [-0.25, -0.2) is 8.42 Å². The fourth-order valence-electron chi connectivity index (χ4n) is 1.39. The Morgan fingerprint density at radius 1 is 1.39 bits per heavy atom. The second-order valence-corrected chi connectivity index (χ2v) is 6.02. The molecule has 1 rings (SSSR count). The monoisotopic (exact) mass is 292 g/mol. The van der Waals surface area contributed by atoms with E-state index in [9.17, 15) is 8.42 Å². The molecule has 7 heteroatoms. The molecule has 0 saturated heterocycles. The Bertz CT molecular complexity index is 491. The molecule has 3 N–H and O–H groups in total. The van der Waals surface area contributed by atoms with Gasteiger partial charge in [-0.3, -0.25) is 4.72 Å². The maximum absolute atomic E-state index is 11.7. The fourth-order valence-corrected chi connectivity index (χ4v) is 2.76. The number of halogens is 1. The van der Waals surface area contributed by atoms with Gasteiger partial charge < -0.3 is 10.5 Å². The number of nitrogens with two attached hydrogens (primary N) is 1. The van der Waals surface area contributed by atoms with Crippen LogP contribution >= 0.6 is 11.6 Å². The van der Waals surface area contributed by atoms with Crippen LogP contribution in [0.3, 0.4) is 0 Å². The number of rotatable bonds is 7. The number of methoxy groups -OCH3 is 1. The number of hydrogen-bond donors (Lipinski definition) is 2. The van der Waals surface area contributed by atoms with Crippen LogP contribution in [0.5, 0.6) is 5.75 Å².